The third kappa shape index (κ3) is 4.70. The molecule has 0 aliphatic rings. The third-order valence-electron chi connectivity index (χ3n) is 3.93. The molecule has 1 heteroatoms. The molecule has 0 saturated heterocycles. The molecule has 21 heavy (non-hydrogen) atoms. The number of aromatic nitrogens is 1. The third-order valence-corrected chi connectivity index (χ3v) is 3.93. The maximum absolute atomic E-state index is 4.09. The second-order valence-corrected chi connectivity index (χ2v) is 7.82. The van der Waals surface area contributed by atoms with Crippen molar-refractivity contribution < 1.29 is 0 Å². The number of benzene rings is 1. The topological polar surface area (TPSA) is 12.9 Å². The van der Waals surface area contributed by atoms with Crippen LogP contribution >= 0.6 is 0 Å². The summed E-state index contributed by atoms with van der Waals surface area (Å²) in [5.41, 5.74) is 4.66. The van der Waals surface area contributed by atoms with Crippen molar-refractivity contribution in [2.24, 2.45) is 5.41 Å². The second-order valence-electron chi connectivity index (χ2n) is 7.82. The zero-order chi connectivity index (χ0) is 15.5. The highest BCUT2D eigenvalue weighted by Crippen LogP contribution is 2.28. The maximum Gasteiger partial charge on any atom is 0.0270 e. The average Bonchev–Trinajstić information content (AvgIpc) is 2.38. The van der Waals surface area contributed by atoms with Crippen molar-refractivity contribution in [1.82, 2.24) is 4.98 Å². The highest BCUT2D eigenvalue weighted by molar-refractivity contribution is 5.28. The van der Waals surface area contributed by atoms with Crippen molar-refractivity contribution in [2.45, 2.75) is 52.9 Å². The summed E-state index contributed by atoms with van der Waals surface area (Å²) < 4.78 is 0. The summed E-state index contributed by atoms with van der Waals surface area (Å²) in [6.07, 6.45) is 5.93. The molecule has 1 heterocycles. The van der Waals surface area contributed by atoms with Crippen LogP contribution in [0.2, 0.25) is 0 Å². The van der Waals surface area contributed by atoms with E-state index in [2.05, 4.69) is 76.0 Å². The van der Waals surface area contributed by atoms with E-state index < -0.39 is 0 Å². The minimum atomic E-state index is 0.227. The molecule has 0 unspecified atom stereocenters. The lowest BCUT2D eigenvalue weighted by molar-refractivity contribution is 0.360. The fourth-order valence-corrected chi connectivity index (χ4v) is 2.79. The van der Waals surface area contributed by atoms with Crippen LogP contribution < -0.4 is 0 Å². The van der Waals surface area contributed by atoms with Crippen molar-refractivity contribution in [3.8, 4) is 0 Å². The van der Waals surface area contributed by atoms with E-state index in [1.165, 1.54) is 16.7 Å². The highest BCUT2D eigenvalue weighted by atomic mass is 14.6. The molecule has 2 rings (SSSR count). The molecule has 0 aliphatic heterocycles. The molecular formula is C20H27N. The molecule has 0 N–H and O–H groups in total. The lowest BCUT2D eigenvalue weighted by Crippen LogP contribution is -2.18. The molecule has 0 spiro atoms. The summed E-state index contributed by atoms with van der Waals surface area (Å²) >= 11 is 0. The Bertz CT molecular complexity index is 559. The quantitative estimate of drug-likeness (QED) is 0.751. The molecule has 0 aliphatic carbocycles. The molecule has 0 amide bonds. The van der Waals surface area contributed by atoms with Gasteiger partial charge >= 0.3 is 0 Å². The number of hydrogen-bond acceptors (Lipinski definition) is 1. The van der Waals surface area contributed by atoms with Gasteiger partial charge in [-0.3, -0.25) is 4.98 Å². The van der Waals surface area contributed by atoms with E-state index in [0.29, 0.717) is 0 Å². The van der Waals surface area contributed by atoms with Crippen LogP contribution in [0, 0.1) is 5.41 Å². The normalized spacial score (nSPS) is 12.4. The molecule has 0 fully saturated rings. The summed E-state index contributed by atoms with van der Waals surface area (Å²) in [7, 11) is 0. The summed E-state index contributed by atoms with van der Waals surface area (Å²) in [5, 5.41) is 0. The molecule has 0 bridgehead atoms. The monoisotopic (exact) mass is 281 g/mol. The van der Waals surface area contributed by atoms with Crippen LogP contribution in [0.15, 0.2) is 48.8 Å². The predicted molar refractivity (Wildman–Crippen MR) is 90.6 cm³/mol. The summed E-state index contributed by atoms with van der Waals surface area (Å²) in [5.74, 6) is 0. The summed E-state index contributed by atoms with van der Waals surface area (Å²) in [6, 6.07) is 13.4. The smallest absolute Gasteiger partial charge is 0.0270 e. The summed E-state index contributed by atoms with van der Waals surface area (Å²) in [4.78, 5) is 4.09. The van der Waals surface area contributed by atoms with Crippen LogP contribution in [0.3, 0.4) is 0 Å². The number of rotatable bonds is 4. The highest BCUT2D eigenvalue weighted by Gasteiger charge is 2.20. The molecule has 0 atom stereocenters. The SMILES string of the molecule is CC(C)(Cc1ccncc1)Cc1ccc(C(C)(C)C)cc1. The number of hydrogen-bond donors (Lipinski definition) is 0. The predicted octanol–water partition coefficient (Wildman–Crippen LogP) is 5.19. The fraction of sp³-hybridized carbons (Fsp3) is 0.450. The van der Waals surface area contributed by atoms with Crippen molar-refractivity contribution in [3.63, 3.8) is 0 Å². The van der Waals surface area contributed by atoms with Crippen LogP contribution in [0.4, 0.5) is 0 Å². The van der Waals surface area contributed by atoms with Gasteiger partial charge in [0, 0.05) is 12.4 Å². The van der Waals surface area contributed by atoms with Gasteiger partial charge in [0.2, 0.25) is 0 Å². The Balaban J connectivity index is 2.06. The van der Waals surface area contributed by atoms with E-state index in [9.17, 15) is 0 Å². The van der Waals surface area contributed by atoms with Crippen molar-refractivity contribution in [3.05, 3.63) is 65.5 Å². The summed E-state index contributed by atoms with van der Waals surface area (Å²) in [6.45, 7) is 11.5. The van der Waals surface area contributed by atoms with Gasteiger partial charge < -0.3 is 0 Å². The van der Waals surface area contributed by atoms with Crippen molar-refractivity contribution >= 4 is 0 Å². The van der Waals surface area contributed by atoms with Gasteiger partial charge in [0.15, 0.2) is 0 Å². The first kappa shape index (κ1) is 15.8. The average molecular weight is 281 g/mol. The molecule has 1 aromatic carbocycles. The molecular weight excluding hydrogens is 254 g/mol. The van der Waals surface area contributed by atoms with Crippen molar-refractivity contribution in [1.29, 1.82) is 0 Å². The van der Waals surface area contributed by atoms with E-state index >= 15 is 0 Å². The van der Waals surface area contributed by atoms with Gasteiger partial charge in [-0.2, -0.15) is 0 Å². The van der Waals surface area contributed by atoms with E-state index in [1.54, 1.807) is 0 Å². The van der Waals surface area contributed by atoms with Gasteiger partial charge in [-0.15, -0.1) is 0 Å². The van der Waals surface area contributed by atoms with E-state index in [-0.39, 0.29) is 10.8 Å². The van der Waals surface area contributed by atoms with Crippen LogP contribution in [0.1, 0.15) is 51.3 Å². The lowest BCUT2D eigenvalue weighted by atomic mass is 9.79. The number of nitrogens with zero attached hydrogens (tertiary/aromatic N) is 1. The first-order valence-electron chi connectivity index (χ1n) is 7.75. The van der Waals surface area contributed by atoms with E-state index in [0.717, 1.165) is 12.8 Å². The van der Waals surface area contributed by atoms with Gasteiger partial charge in [-0.05, 0) is 52.5 Å². The Morgan fingerprint density at radius 1 is 0.714 bits per heavy atom. The first-order valence-corrected chi connectivity index (χ1v) is 7.75. The molecule has 112 valence electrons. The number of pyridine rings is 1. The molecule has 0 radical (unpaired) electrons. The maximum atomic E-state index is 4.09. The lowest BCUT2D eigenvalue weighted by Gasteiger charge is -2.26. The Labute approximate surface area is 129 Å². The zero-order valence-electron chi connectivity index (χ0n) is 14.0. The molecule has 1 aromatic heterocycles. The van der Waals surface area contributed by atoms with Gasteiger partial charge in [0.05, 0.1) is 0 Å². The Hall–Kier alpha value is -1.63. The Kier molecular flexibility index (Phi) is 4.51. The fourth-order valence-electron chi connectivity index (χ4n) is 2.79. The van der Waals surface area contributed by atoms with E-state index in [1.807, 2.05) is 12.4 Å². The van der Waals surface area contributed by atoms with Crippen LogP contribution in [0.25, 0.3) is 0 Å². The molecule has 0 saturated carbocycles. The molecule has 2 aromatic rings. The minimum Gasteiger partial charge on any atom is -0.265 e. The largest absolute Gasteiger partial charge is 0.265 e. The van der Waals surface area contributed by atoms with Gasteiger partial charge in [0.25, 0.3) is 0 Å². The molecule has 1 nitrogen and oxygen atoms in total. The van der Waals surface area contributed by atoms with Gasteiger partial charge in [-0.25, -0.2) is 0 Å². The van der Waals surface area contributed by atoms with E-state index in [4.69, 9.17) is 0 Å². The van der Waals surface area contributed by atoms with Crippen LogP contribution in [-0.2, 0) is 18.3 Å². The standard InChI is InChI=1S/C20H27N/c1-19(2,3)18-8-6-16(7-9-18)14-20(4,5)15-17-10-12-21-13-11-17/h6-13H,14-15H2,1-5H3. The second kappa shape index (κ2) is 6.01. The van der Waals surface area contributed by atoms with Gasteiger partial charge in [-0.1, -0.05) is 58.9 Å². The van der Waals surface area contributed by atoms with Crippen LogP contribution in [-0.4, -0.2) is 4.98 Å². The Morgan fingerprint density at radius 3 is 1.67 bits per heavy atom. The van der Waals surface area contributed by atoms with Crippen LogP contribution in [0.5, 0.6) is 0 Å². The first-order chi connectivity index (χ1) is 9.76. The minimum absolute atomic E-state index is 0.227. The van der Waals surface area contributed by atoms with Crippen molar-refractivity contribution in [2.75, 3.05) is 0 Å². The van der Waals surface area contributed by atoms with Gasteiger partial charge in [0.1, 0.15) is 0 Å². The Morgan fingerprint density at radius 2 is 1.19 bits per heavy atom. The zero-order valence-corrected chi connectivity index (χ0v) is 14.0.